The zero-order valence-electron chi connectivity index (χ0n) is 10.7. The van der Waals surface area contributed by atoms with Crippen LogP contribution < -0.4 is 5.32 Å². The molecule has 1 atom stereocenters. The van der Waals surface area contributed by atoms with Crippen LogP contribution in [0, 0.1) is 5.41 Å². The molecular formula is C13H22N2O. The third kappa shape index (κ3) is 4.29. The number of nitrogens with one attached hydrogen (secondary N) is 1. The summed E-state index contributed by atoms with van der Waals surface area (Å²) >= 11 is 0. The van der Waals surface area contributed by atoms with Gasteiger partial charge in [0.05, 0.1) is 11.8 Å². The Balaban J connectivity index is 2.35. The van der Waals surface area contributed by atoms with Gasteiger partial charge in [0.2, 0.25) is 0 Å². The first kappa shape index (κ1) is 13.1. The van der Waals surface area contributed by atoms with E-state index >= 15 is 0 Å². The maximum absolute atomic E-state index is 5.47. The van der Waals surface area contributed by atoms with Crippen molar-refractivity contribution in [3.63, 3.8) is 0 Å². The van der Waals surface area contributed by atoms with E-state index in [0.29, 0.717) is 0 Å². The zero-order chi connectivity index (χ0) is 12.0. The van der Waals surface area contributed by atoms with Crippen molar-refractivity contribution in [3.8, 4) is 0 Å². The molecule has 1 aromatic rings. The molecule has 0 fully saturated rings. The molecule has 0 bridgehead atoms. The number of nitrogens with zero attached hydrogens (tertiary/aromatic N) is 1. The van der Waals surface area contributed by atoms with Gasteiger partial charge in [0.1, 0.15) is 0 Å². The van der Waals surface area contributed by atoms with Crippen molar-refractivity contribution in [2.75, 3.05) is 13.7 Å². The van der Waals surface area contributed by atoms with E-state index in [1.54, 1.807) is 7.11 Å². The fourth-order valence-corrected chi connectivity index (χ4v) is 1.58. The molecule has 0 radical (unpaired) electrons. The molecule has 3 nitrogen and oxygen atoms in total. The fraction of sp³-hybridized carbons (Fsp3) is 0.615. The van der Waals surface area contributed by atoms with Crippen LogP contribution in [0.15, 0.2) is 24.4 Å². The van der Waals surface area contributed by atoms with Crippen LogP contribution >= 0.6 is 0 Å². The van der Waals surface area contributed by atoms with Crippen molar-refractivity contribution in [2.45, 2.75) is 33.4 Å². The van der Waals surface area contributed by atoms with Crippen LogP contribution in [0.4, 0.5) is 0 Å². The molecule has 0 aromatic carbocycles. The molecule has 0 spiro atoms. The van der Waals surface area contributed by atoms with Crippen LogP contribution in [0.3, 0.4) is 0 Å². The van der Waals surface area contributed by atoms with Crippen LogP contribution in [-0.4, -0.2) is 24.7 Å². The Hall–Kier alpha value is -0.930. The molecule has 3 heteroatoms. The Morgan fingerprint density at radius 1 is 1.38 bits per heavy atom. The number of ether oxygens (including phenoxy) is 1. The standard InChI is InChI=1S/C13H22N2O/c1-13(2,3)12(16-4)10-14-9-11-7-5-6-8-15-11/h5-8,12,14H,9-10H2,1-4H3. The molecule has 1 heterocycles. The Morgan fingerprint density at radius 3 is 2.62 bits per heavy atom. The summed E-state index contributed by atoms with van der Waals surface area (Å²) in [5, 5.41) is 3.37. The quantitative estimate of drug-likeness (QED) is 0.829. The Morgan fingerprint density at radius 2 is 2.12 bits per heavy atom. The summed E-state index contributed by atoms with van der Waals surface area (Å²) in [5.41, 5.74) is 1.22. The average Bonchev–Trinajstić information content (AvgIpc) is 2.24. The average molecular weight is 222 g/mol. The lowest BCUT2D eigenvalue weighted by Crippen LogP contribution is -2.38. The smallest absolute Gasteiger partial charge is 0.0743 e. The second-order valence-electron chi connectivity index (χ2n) is 5.04. The summed E-state index contributed by atoms with van der Waals surface area (Å²) < 4.78 is 5.47. The van der Waals surface area contributed by atoms with E-state index in [1.165, 1.54) is 0 Å². The normalized spacial score (nSPS) is 13.8. The summed E-state index contributed by atoms with van der Waals surface area (Å²) in [4.78, 5) is 4.26. The van der Waals surface area contributed by atoms with E-state index in [0.717, 1.165) is 18.8 Å². The van der Waals surface area contributed by atoms with Gasteiger partial charge in [-0.2, -0.15) is 0 Å². The topological polar surface area (TPSA) is 34.1 Å². The van der Waals surface area contributed by atoms with Gasteiger partial charge in [-0.15, -0.1) is 0 Å². The minimum atomic E-state index is 0.159. The van der Waals surface area contributed by atoms with Gasteiger partial charge in [-0.1, -0.05) is 26.8 Å². The first-order valence-electron chi connectivity index (χ1n) is 5.67. The Bertz CT molecular complexity index is 293. The number of hydrogen-bond donors (Lipinski definition) is 1. The summed E-state index contributed by atoms with van der Waals surface area (Å²) in [6.07, 6.45) is 2.03. The van der Waals surface area contributed by atoms with Gasteiger partial charge in [0.15, 0.2) is 0 Å². The zero-order valence-corrected chi connectivity index (χ0v) is 10.7. The monoisotopic (exact) mass is 222 g/mol. The van der Waals surface area contributed by atoms with Crippen molar-refractivity contribution in [1.29, 1.82) is 0 Å². The summed E-state index contributed by atoms with van der Waals surface area (Å²) in [7, 11) is 1.76. The summed E-state index contributed by atoms with van der Waals surface area (Å²) in [6, 6.07) is 5.95. The van der Waals surface area contributed by atoms with Crippen molar-refractivity contribution in [2.24, 2.45) is 5.41 Å². The largest absolute Gasteiger partial charge is 0.380 e. The maximum atomic E-state index is 5.47. The lowest BCUT2D eigenvalue weighted by molar-refractivity contribution is 0.0173. The van der Waals surface area contributed by atoms with Crippen molar-refractivity contribution < 1.29 is 4.74 Å². The lowest BCUT2D eigenvalue weighted by atomic mass is 9.89. The van der Waals surface area contributed by atoms with E-state index in [2.05, 4.69) is 31.1 Å². The number of pyridine rings is 1. The van der Waals surface area contributed by atoms with E-state index < -0.39 is 0 Å². The van der Waals surface area contributed by atoms with Gasteiger partial charge < -0.3 is 10.1 Å². The summed E-state index contributed by atoms with van der Waals surface area (Å²) in [6.45, 7) is 8.18. The van der Waals surface area contributed by atoms with Crippen LogP contribution in [-0.2, 0) is 11.3 Å². The second-order valence-corrected chi connectivity index (χ2v) is 5.04. The van der Waals surface area contributed by atoms with Gasteiger partial charge in [0, 0.05) is 26.4 Å². The molecule has 1 rings (SSSR count). The van der Waals surface area contributed by atoms with Crippen molar-refractivity contribution in [3.05, 3.63) is 30.1 Å². The fourth-order valence-electron chi connectivity index (χ4n) is 1.58. The van der Waals surface area contributed by atoms with Gasteiger partial charge in [-0.05, 0) is 17.5 Å². The van der Waals surface area contributed by atoms with Crippen molar-refractivity contribution in [1.82, 2.24) is 10.3 Å². The first-order valence-corrected chi connectivity index (χ1v) is 5.67. The van der Waals surface area contributed by atoms with Gasteiger partial charge in [0.25, 0.3) is 0 Å². The lowest BCUT2D eigenvalue weighted by Gasteiger charge is -2.29. The van der Waals surface area contributed by atoms with Crippen LogP contribution in [0.2, 0.25) is 0 Å². The highest BCUT2D eigenvalue weighted by Gasteiger charge is 2.23. The van der Waals surface area contributed by atoms with Gasteiger partial charge >= 0.3 is 0 Å². The third-order valence-corrected chi connectivity index (χ3v) is 2.61. The second kappa shape index (κ2) is 5.97. The highest BCUT2D eigenvalue weighted by molar-refractivity contribution is 5.02. The minimum Gasteiger partial charge on any atom is -0.380 e. The Labute approximate surface area is 98.2 Å². The van der Waals surface area contributed by atoms with Crippen LogP contribution in [0.1, 0.15) is 26.5 Å². The predicted octanol–water partition coefficient (Wildman–Crippen LogP) is 2.23. The molecule has 0 amide bonds. The SMILES string of the molecule is COC(CNCc1ccccn1)C(C)(C)C. The molecule has 16 heavy (non-hydrogen) atoms. The molecule has 1 aromatic heterocycles. The number of methoxy groups -OCH3 is 1. The Kier molecular flexibility index (Phi) is 4.90. The van der Waals surface area contributed by atoms with Crippen molar-refractivity contribution >= 4 is 0 Å². The minimum absolute atomic E-state index is 0.159. The van der Waals surface area contributed by atoms with Crippen LogP contribution in [0.5, 0.6) is 0 Å². The molecule has 1 unspecified atom stereocenters. The van der Waals surface area contributed by atoms with Crippen LogP contribution in [0.25, 0.3) is 0 Å². The molecule has 0 aliphatic rings. The molecule has 0 saturated heterocycles. The highest BCUT2D eigenvalue weighted by Crippen LogP contribution is 2.20. The first-order chi connectivity index (χ1) is 7.54. The van der Waals surface area contributed by atoms with E-state index in [9.17, 15) is 0 Å². The molecule has 0 saturated carbocycles. The molecule has 1 N–H and O–H groups in total. The van der Waals surface area contributed by atoms with E-state index in [1.807, 2.05) is 24.4 Å². The number of aromatic nitrogens is 1. The van der Waals surface area contributed by atoms with E-state index in [-0.39, 0.29) is 11.5 Å². The molecule has 90 valence electrons. The van der Waals surface area contributed by atoms with Gasteiger partial charge in [-0.25, -0.2) is 0 Å². The molecule has 0 aliphatic heterocycles. The summed E-state index contributed by atoms with van der Waals surface area (Å²) in [5.74, 6) is 0. The number of hydrogen-bond acceptors (Lipinski definition) is 3. The predicted molar refractivity (Wildman–Crippen MR) is 66.2 cm³/mol. The maximum Gasteiger partial charge on any atom is 0.0743 e. The molecular weight excluding hydrogens is 200 g/mol. The number of rotatable bonds is 5. The van der Waals surface area contributed by atoms with E-state index in [4.69, 9.17) is 4.74 Å². The molecule has 0 aliphatic carbocycles. The van der Waals surface area contributed by atoms with Gasteiger partial charge in [-0.3, -0.25) is 4.98 Å². The highest BCUT2D eigenvalue weighted by atomic mass is 16.5. The third-order valence-electron chi connectivity index (χ3n) is 2.61.